The van der Waals surface area contributed by atoms with Crippen LogP contribution >= 0.6 is 11.8 Å². The molecule has 0 N–H and O–H groups in total. The summed E-state index contributed by atoms with van der Waals surface area (Å²) in [6, 6.07) is 21.6. The smallest absolute Gasteiger partial charge is 0.196 e. The maximum absolute atomic E-state index is 4.60. The van der Waals surface area contributed by atoms with Gasteiger partial charge in [-0.05, 0) is 41.8 Å². The van der Waals surface area contributed by atoms with Crippen molar-refractivity contribution < 1.29 is 0 Å². The molecule has 142 valence electrons. The first-order valence-corrected chi connectivity index (χ1v) is 10.6. The van der Waals surface area contributed by atoms with Crippen molar-refractivity contribution in [1.29, 1.82) is 0 Å². The van der Waals surface area contributed by atoms with Gasteiger partial charge in [-0.25, -0.2) is 0 Å². The molecule has 0 saturated carbocycles. The van der Waals surface area contributed by atoms with Crippen LogP contribution in [0.2, 0.25) is 0 Å². The third kappa shape index (κ3) is 3.69. The molecule has 0 fully saturated rings. The monoisotopic (exact) mass is 387 g/mol. The van der Waals surface area contributed by atoms with E-state index in [1.54, 1.807) is 11.8 Å². The number of fused-ring (bicyclic) bond motifs is 1. The zero-order valence-corrected chi connectivity index (χ0v) is 17.6. The third-order valence-electron chi connectivity index (χ3n) is 4.86. The lowest BCUT2D eigenvalue weighted by Crippen LogP contribution is -2.07. The fourth-order valence-corrected chi connectivity index (χ4v) is 4.44. The van der Waals surface area contributed by atoms with Crippen LogP contribution in [0.5, 0.6) is 0 Å². The van der Waals surface area contributed by atoms with Crippen LogP contribution in [0.15, 0.2) is 65.8 Å². The first-order valence-electron chi connectivity index (χ1n) is 9.68. The molecule has 4 heteroatoms. The second-order valence-corrected chi connectivity index (χ2v) is 9.05. The van der Waals surface area contributed by atoms with Crippen molar-refractivity contribution in [3.8, 4) is 5.69 Å². The summed E-state index contributed by atoms with van der Waals surface area (Å²) in [5.74, 6) is 0.978. The van der Waals surface area contributed by atoms with Gasteiger partial charge in [-0.15, -0.1) is 10.2 Å². The van der Waals surface area contributed by atoms with Crippen molar-refractivity contribution in [2.75, 3.05) is 0 Å². The maximum atomic E-state index is 4.60. The molecule has 0 radical (unpaired) electrons. The van der Waals surface area contributed by atoms with Crippen molar-refractivity contribution in [3.05, 3.63) is 83.2 Å². The Morgan fingerprint density at radius 3 is 2.50 bits per heavy atom. The molecule has 4 aromatic rings. The molecule has 0 aliphatic carbocycles. The van der Waals surface area contributed by atoms with Gasteiger partial charge in [0.05, 0.1) is 5.69 Å². The largest absolute Gasteiger partial charge is 0.273 e. The number of benzene rings is 3. The van der Waals surface area contributed by atoms with Crippen molar-refractivity contribution in [2.24, 2.45) is 0 Å². The van der Waals surface area contributed by atoms with Crippen LogP contribution < -0.4 is 0 Å². The predicted molar refractivity (Wildman–Crippen MR) is 119 cm³/mol. The number of rotatable bonds is 5. The number of aromatic nitrogens is 3. The molecular formula is C24H25N3S. The molecular weight excluding hydrogens is 362 g/mol. The number of aryl methyl sites for hydroxylation is 2. The highest BCUT2D eigenvalue weighted by atomic mass is 32.2. The van der Waals surface area contributed by atoms with Crippen molar-refractivity contribution >= 4 is 22.5 Å². The van der Waals surface area contributed by atoms with Gasteiger partial charge in [-0.1, -0.05) is 85.8 Å². The Hall–Kier alpha value is -2.59. The van der Waals surface area contributed by atoms with Gasteiger partial charge in [0.15, 0.2) is 5.16 Å². The van der Waals surface area contributed by atoms with Gasteiger partial charge in [-0.3, -0.25) is 4.57 Å². The average Bonchev–Trinajstić information content (AvgIpc) is 3.03. The summed E-state index contributed by atoms with van der Waals surface area (Å²) in [6.45, 7) is 8.67. The lowest BCUT2D eigenvalue weighted by Gasteiger charge is -2.15. The van der Waals surface area contributed by atoms with Gasteiger partial charge in [-0.2, -0.15) is 0 Å². The van der Waals surface area contributed by atoms with E-state index in [9.17, 15) is 0 Å². The fraction of sp³-hybridized carbons (Fsp3) is 0.250. The summed E-state index contributed by atoms with van der Waals surface area (Å²) in [5.41, 5.74) is 4.94. The lowest BCUT2D eigenvalue weighted by molar-refractivity contribution is 0.839. The van der Waals surface area contributed by atoms with Crippen LogP contribution in [0, 0.1) is 13.8 Å². The molecule has 1 aromatic heterocycles. The van der Waals surface area contributed by atoms with E-state index in [2.05, 4.69) is 103 Å². The third-order valence-corrected chi connectivity index (χ3v) is 5.81. The Bertz CT molecular complexity index is 1120. The van der Waals surface area contributed by atoms with Crippen LogP contribution in [0.3, 0.4) is 0 Å². The highest BCUT2D eigenvalue weighted by molar-refractivity contribution is 7.99. The van der Waals surface area contributed by atoms with Gasteiger partial charge >= 0.3 is 0 Å². The van der Waals surface area contributed by atoms with Crippen molar-refractivity contribution in [2.45, 2.75) is 44.5 Å². The van der Waals surface area contributed by atoms with Crippen molar-refractivity contribution in [1.82, 2.24) is 14.8 Å². The van der Waals surface area contributed by atoms with Crippen LogP contribution in [0.25, 0.3) is 16.5 Å². The molecule has 0 amide bonds. The lowest BCUT2D eigenvalue weighted by atomic mass is 10.0. The van der Waals surface area contributed by atoms with E-state index in [-0.39, 0.29) is 0 Å². The summed E-state index contributed by atoms with van der Waals surface area (Å²) in [6.07, 6.45) is 0.750. The zero-order chi connectivity index (χ0) is 19.7. The van der Waals surface area contributed by atoms with E-state index in [1.807, 2.05) is 0 Å². The summed E-state index contributed by atoms with van der Waals surface area (Å²) >= 11 is 1.76. The van der Waals surface area contributed by atoms with E-state index < -0.39 is 0 Å². The molecule has 28 heavy (non-hydrogen) atoms. The highest BCUT2D eigenvalue weighted by Crippen LogP contribution is 2.29. The van der Waals surface area contributed by atoms with E-state index in [1.165, 1.54) is 27.5 Å². The predicted octanol–water partition coefficient (Wildman–Crippen LogP) is 6.13. The average molecular weight is 388 g/mol. The number of thioether (sulfide) groups is 1. The van der Waals surface area contributed by atoms with Crippen LogP contribution in [-0.4, -0.2) is 20.0 Å². The zero-order valence-electron chi connectivity index (χ0n) is 16.8. The van der Waals surface area contributed by atoms with Crippen LogP contribution in [0.4, 0.5) is 0 Å². The standard InChI is InChI=1S/C24H25N3S/c1-16(2)28-24-26-25-23(27(24)22-13-12-17(3)14-18(22)4)15-20-10-7-9-19-8-5-6-11-21(19)20/h5-14,16H,15H2,1-4H3. The first kappa shape index (κ1) is 18.8. The van der Waals surface area contributed by atoms with E-state index in [0.29, 0.717) is 5.25 Å². The number of hydrogen-bond acceptors (Lipinski definition) is 3. The molecule has 0 saturated heterocycles. The molecule has 4 rings (SSSR count). The molecule has 0 aliphatic rings. The Kier molecular flexibility index (Phi) is 5.23. The second kappa shape index (κ2) is 7.80. The van der Waals surface area contributed by atoms with Crippen LogP contribution in [0.1, 0.15) is 36.4 Å². The molecule has 0 spiro atoms. The highest BCUT2D eigenvalue weighted by Gasteiger charge is 2.18. The Balaban J connectivity index is 1.84. The summed E-state index contributed by atoms with van der Waals surface area (Å²) in [4.78, 5) is 0. The van der Waals surface area contributed by atoms with Gasteiger partial charge < -0.3 is 0 Å². The molecule has 0 bridgehead atoms. The Labute approximate surface area is 170 Å². The summed E-state index contributed by atoms with van der Waals surface area (Å²) < 4.78 is 2.24. The minimum Gasteiger partial charge on any atom is -0.273 e. The van der Waals surface area contributed by atoms with Gasteiger partial charge in [0.2, 0.25) is 0 Å². The summed E-state index contributed by atoms with van der Waals surface area (Å²) in [7, 11) is 0. The Morgan fingerprint density at radius 1 is 0.929 bits per heavy atom. The summed E-state index contributed by atoms with van der Waals surface area (Å²) in [5, 5.41) is 13.1. The minimum atomic E-state index is 0.444. The van der Waals surface area contributed by atoms with Crippen LogP contribution in [-0.2, 0) is 6.42 Å². The SMILES string of the molecule is Cc1ccc(-n2c(Cc3cccc4ccccc34)nnc2SC(C)C)c(C)c1. The molecule has 0 unspecified atom stereocenters. The van der Waals surface area contributed by atoms with Crippen molar-refractivity contribution in [3.63, 3.8) is 0 Å². The normalized spacial score (nSPS) is 11.5. The molecule has 3 aromatic carbocycles. The molecule has 3 nitrogen and oxygen atoms in total. The maximum Gasteiger partial charge on any atom is 0.196 e. The second-order valence-electron chi connectivity index (χ2n) is 7.51. The minimum absolute atomic E-state index is 0.444. The quantitative estimate of drug-likeness (QED) is 0.386. The molecule has 0 aliphatic heterocycles. The van der Waals surface area contributed by atoms with Gasteiger partial charge in [0.1, 0.15) is 5.82 Å². The van der Waals surface area contributed by atoms with E-state index in [0.717, 1.165) is 23.1 Å². The van der Waals surface area contributed by atoms with Gasteiger partial charge in [0.25, 0.3) is 0 Å². The van der Waals surface area contributed by atoms with E-state index in [4.69, 9.17) is 0 Å². The van der Waals surface area contributed by atoms with E-state index >= 15 is 0 Å². The molecule has 0 atom stereocenters. The first-order chi connectivity index (χ1) is 13.5. The number of nitrogens with zero attached hydrogens (tertiary/aromatic N) is 3. The number of hydrogen-bond donors (Lipinski definition) is 0. The topological polar surface area (TPSA) is 30.7 Å². The Morgan fingerprint density at radius 2 is 1.71 bits per heavy atom. The fourth-order valence-electron chi connectivity index (χ4n) is 3.62. The molecule has 1 heterocycles. The van der Waals surface area contributed by atoms with Gasteiger partial charge in [0, 0.05) is 11.7 Å².